The van der Waals surface area contributed by atoms with E-state index in [0.717, 1.165) is 19.4 Å². The number of rotatable bonds is 7. The molecule has 0 saturated carbocycles. The monoisotopic (exact) mass is 248 g/mol. The molecule has 3 heteroatoms. The van der Waals surface area contributed by atoms with Gasteiger partial charge in [0.05, 0.1) is 6.04 Å². The van der Waals surface area contributed by atoms with Crippen molar-refractivity contribution < 1.29 is 4.79 Å². The molecule has 100 valence electrons. The highest BCUT2D eigenvalue weighted by molar-refractivity contribution is 5.76. The molecule has 0 saturated heterocycles. The Morgan fingerprint density at radius 2 is 2.00 bits per heavy atom. The summed E-state index contributed by atoms with van der Waals surface area (Å²) in [5, 5.41) is 0. The number of hydrogen-bond acceptors (Lipinski definition) is 2. The van der Waals surface area contributed by atoms with Crippen molar-refractivity contribution in [3.8, 4) is 0 Å². The molecule has 0 heterocycles. The van der Waals surface area contributed by atoms with Gasteiger partial charge in [0.25, 0.3) is 0 Å². The van der Waals surface area contributed by atoms with Crippen LogP contribution in [0.15, 0.2) is 30.3 Å². The van der Waals surface area contributed by atoms with E-state index in [9.17, 15) is 4.79 Å². The Bertz CT molecular complexity index is 351. The van der Waals surface area contributed by atoms with Crippen LogP contribution in [0.3, 0.4) is 0 Å². The second-order valence-corrected chi connectivity index (χ2v) is 4.57. The molecule has 0 aliphatic carbocycles. The lowest BCUT2D eigenvalue weighted by Gasteiger charge is -2.29. The average Bonchev–Trinajstić information content (AvgIpc) is 2.40. The van der Waals surface area contributed by atoms with Gasteiger partial charge in [0.15, 0.2) is 0 Å². The molecule has 2 N–H and O–H groups in total. The van der Waals surface area contributed by atoms with Gasteiger partial charge in [-0.25, -0.2) is 0 Å². The summed E-state index contributed by atoms with van der Waals surface area (Å²) in [6.45, 7) is 5.45. The summed E-state index contributed by atoms with van der Waals surface area (Å²) >= 11 is 0. The Labute approximate surface area is 110 Å². The lowest BCUT2D eigenvalue weighted by atomic mass is 10.1. The largest absolute Gasteiger partial charge is 0.336 e. The standard InChI is InChI=1S/C15H24N2O/c1-3-4-12-17(15(18)10-11-16)13(2)14-8-6-5-7-9-14/h5-9,13H,3-4,10-12,16H2,1-2H3. The molecule has 18 heavy (non-hydrogen) atoms. The van der Waals surface area contributed by atoms with Crippen LogP contribution < -0.4 is 5.73 Å². The summed E-state index contributed by atoms with van der Waals surface area (Å²) in [4.78, 5) is 14.1. The first-order chi connectivity index (χ1) is 8.70. The van der Waals surface area contributed by atoms with Gasteiger partial charge in [-0.05, 0) is 18.9 Å². The van der Waals surface area contributed by atoms with Crippen molar-refractivity contribution in [1.29, 1.82) is 0 Å². The molecule has 0 aromatic heterocycles. The van der Waals surface area contributed by atoms with E-state index < -0.39 is 0 Å². The number of benzene rings is 1. The third-order valence-electron chi connectivity index (χ3n) is 3.18. The van der Waals surface area contributed by atoms with E-state index in [4.69, 9.17) is 5.73 Å². The van der Waals surface area contributed by atoms with Crippen LogP contribution in [0.2, 0.25) is 0 Å². The lowest BCUT2D eigenvalue weighted by molar-refractivity contribution is -0.133. The van der Waals surface area contributed by atoms with Crippen LogP contribution in [0.25, 0.3) is 0 Å². The smallest absolute Gasteiger partial charge is 0.224 e. The van der Waals surface area contributed by atoms with Crippen molar-refractivity contribution in [3.63, 3.8) is 0 Å². The molecule has 1 rings (SSSR count). The highest BCUT2D eigenvalue weighted by Gasteiger charge is 2.19. The van der Waals surface area contributed by atoms with Gasteiger partial charge in [-0.2, -0.15) is 0 Å². The zero-order chi connectivity index (χ0) is 13.4. The molecule has 0 spiro atoms. The molecular weight excluding hydrogens is 224 g/mol. The van der Waals surface area contributed by atoms with Gasteiger partial charge >= 0.3 is 0 Å². The summed E-state index contributed by atoms with van der Waals surface area (Å²) < 4.78 is 0. The maximum absolute atomic E-state index is 12.1. The molecule has 0 fully saturated rings. The normalized spacial score (nSPS) is 12.2. The quantitative estimate of drug-likeness (QED) is 0.806. The molecule has 3 nitrogen and oxygen atoms in total. The molecule has 0 bridgehead atoms. The van der Waals surface area contributed by atoms with Crippen molar-refractivity contribution in [1.82, 2.24) is 4.90 Å². The van der Waals surface area contributed by atoms with Crippen molar-refractivity contribution in [3.05, 3.63) is 35.9 Å². The molecular formula is C15H24N2O. The van der Waals surface area contributed by atoms with Crippen LogP contribution in [-0.4, -0.2) is 23.9 Å². The van der Waals surface area contributed by atoms with Crippen LogP contribution in [0.5, 0.6) is 0 Å². The van der Waals surface area contributed by atoms with Gasteiger partial charge in [0, 0.05) is 19.5 Å². The first kappa shape index (κ1) is 14.7. The third-order valence-corrected chi connectivity index (χ3v) is 3.18. The summed E-state index contributed by atoms with van der Waals surface area (Å²) in [5.74, 6) is 0.155. The molecule has 0 radical (unpaired) electrons. The van der Waals surface area contributed by atoms with E-state index >= 15 is 0 Å². The third kappa shape index (κ3) is 4.15. The minimum Gasteiger partial charge on any atom is -0.336 e. The summed E-state index contributed by atoms with van der Waals surface area (Å²) in [7, 11) is 0. The van der Waals surface area contributed by atoms with Crippen LogP contribution >= 0.6 is 0 Å². The maximum atomic E-state index is 12.1. The molecule has 1 aromatic carbocycles. The fourth-order valence-electron chi connectivity index (χ4n) is 2.04. The van der Waals surface area contributed by atoms with E-state index in [1.54, 1.807) is 0 Å². The van der Waals surface area contributed by atoms with Gasteiger partial charge in [-0.1, -0.05) is 43.7 Å². The summed E-state index contributed by atoms with van der Waals surface area (Å²) in [6, 6.07) is 10.3. The molecule has 1 amide bonds. The van der Waals surface area contributed by atoms with Gasteiger partial charge in [0.2, 0.25) is 5.91 Å². The summed E-state index contributed by atoms with van der Waals surface area (Å²) in [5.41, 5.74) is 6.67. The first-order valence-corrected chi connectivity index (χ1v) is 6.75. The Morgan fingerprint density at radius 1 is 1.33 bits per heavy atom. The van der Waals surface area contributed by atoms with E-state index in [1.165, 1.54) is 5.56 Å². The number of hydrogen-bond donors (Lipinski definition) is 1. The van der Waals surface area contributed by atoms with E-state index in [-0.39, 0.29) is 11.9 Å². The fourth-order valence-corrected chi connectivity index (χ4v) is 2.04. The number of unbranched alkanes of at least 4 members (excludes halogenated alkanes) is 1. The second-order valence-electron chi connectivity index (χ2n) is 4.57. The van der Waals surface area contributed by atoms with Crippen molar-refractivity contribution in [2.24, 2.45) is 5.73 Å². The van der Waals surface area contributed by atoms with Crippen LogP contribution in [0.4, 0.5) is 0 Å². The Balaban J connectivity index is 2.78. The van der Waals surface area contributed by atoms with Crippen LogP contribution in [-0.2, 0) is 4.79 Å². The van der Waals surface area contributed by atoms with Crippen molar-refractivity contribution >= 4 is 5.91 Å². The summed E-state index contributed by atoms with van der Waals surface area (Å²) in [6.07, 6.45) is 2.56. The molecule has 1 atom stereocenters. The molecule has 1 aromatic rings. The first-order valence-electron chi connectivity index (χ1n) is 6.75. The predicted octanol–water partition coefficient (Wildman–Crippen LogP) is 2.73. The van der Waals surface area contributed by atoms with Gasteiger partial charge in [0.1, 0.15) is 0 Å². The highest BCUT2D eigenvalue weighted by atomic mass is 16.2. The van der Waals surface area contributed by atoms with Gasteiger partial charge < -0.3 is 10.6 Å². The Morgan fingerprint density at radius 3 is 2.56 bits per heavy atom. The highest BCUT2D eigenvalue weighted by Crippen LogP contribution is 2.21. The van der Waals surface area contributed by atoms with Crippen molar-refractivity contribution in [2.75, 3.05) is 13.1 Å². The Kier molecular flexibility index (Phi) is 6.44. The van der Waals surface area contributed by atoms with Crippen LogP contribution in [0, 0.1) is 0 Å². The zero-order valence-electron chi connectivity index (χ0n) is 11.4. The minimum atomic E-state index is 0.122. The number of carbonyl (C=O) groups excluding carboxylic acids is 1. The second kappa shape index (κ2) is 7.88. The molecule has 1 unspecified atom stereocenters. The molecule has 0 aliphatic rings. The van der Waals surface area contributed by atoms with Crippen molar-refractivity contribution in [2.45, 2.75) is 39.2 Å². The number of amides is 1. The Hall–Kier alpha value is -1.35. The molecule has 0 aliphatic heterocycles. The van der Waals surface area contributed by atoms with Gasteiger partial charge in [-0.15, -0.1) is 0 Å². The fraction of sp³-hybridized carbons (Fsp3) is 0.533. The number of nitrogens with two attached hydrogens (primary N) is 1. The predicted molar refractivity (Wildman–Crippen MR) is 75.1 cm³/mol. The SMILES string of the molecule is CCCCN(C(=O)CCN)C(C)c1ccccc1. The van der Waals surface area contributed by atoms with Crippen LogP contribution in [0.1, 0.15) is 44.7 Å². The van der Waals surface area contributed by atoms with E-state index in [2.05, 4.69) is 26.0 Å². The number of carbonyl (C=O) groups is 1. The number of nitrogens with zero attached hydrogens (tertiary/aromatic N) is 1. The van der Waals surface area contributed by atoms with E-state index in [1.807, 2.05) is 23.1 Å². The van der Waals surface area contributed by atoms with Gasteiger partial charge in [-0.3, -0.25) is 4.79 Å². The topological polar surface area (TPSA) is 46.3 Å². The lowest BCUT2D eigenvalue weighted by Crippen LogP contribution is -2.35. The van der Waals surface area contributed by atoms with E-state index in [0.29, 0.717) is 13.0 Å². The minimum absolute atomic E-state index is 0.122. The average molecular weight is 248 g/mol. The zero-order valence-corrected chi connectivity index (χ0v) is 11.4. The maximum Gasteiger partial charge on any atom is 0.224 e.